The van der Waals surface area contributed by atoms with E-state index in [9.17, 15) is 24.9 Å². The maximum atomic E-state index is 12.0. The van der Waals surface area contributed by atoms with Gasteiger partial charge in [-0.25, -0.2) is 10.4 Å². The van der Waals surface area contributed by atoms with Crippen molar-refractivity contribution in [1.29, 1.82) is 0 Å². The molecule has 1 amide bonds. The Kier molecular flexibility index (Phi) is 5.02. The van der Waals surface area contributed by atoms with Gasteiger partial charge in [-0.3, -0.25) is 9.59 Å². The predicted molar refractivity (Wildman–Crippen MR) is 97.9 cm³/mol. The van der Waals surface area contributed by atoms with E-state index in [2.05, 4.69) is 20.5 Å². The molecule has 0 aliphatic rings. The lowest BCUT2D eigenvalue weighted by molar-refractivity contribution is -0.121. The van der Waals surface area contributed by atoms with Crippen LogP contribution in [0.1, 0.15) is 17.8 Å². The van der Waals surface area contributed by atoms with Gasteiger partial charge >= 0.3 is 0 Å². The number of benzene rings is 2. The van der Waals surface area contributed by atoms with Crippen molar-refractivity contribution in [1.82, 2.24) is 15.4 Å². The molecule has 3 rings (SSSR count). The second kappa shape index (κ2) is 7.56. The number of carbonyl (C=O) groups is 1. The fourth-order valence-electron chi connectivity index (χ4n) is 2.42. The summed E-state index contributed by atoms with van der Waals surface area (Å²) in [5.41, 5.74) is 2.87. The minimum atomic E-state index is -0.631. The minimum absolute atomic E-state index is 0.0463. The molecule has 0 saturated heterocycles. The number of hydrogen-bond donors (Lipinski definition) is 5. The molecule has 0 spiro atoms. The number of hydrazone groups is 1. The molecule has 2 aromatic carbocycles. The first-order valence-electron chi connectivity index (χ1n) is 7.99. The number of phenolic OH excluding ortho intramolecular Hbond substituents is 3. The molecule has 9 nitrogen and oxygen atoms in total. The van der Waals surface area contributed by atoms with Crippen molar-refractivity contribution in [2.24, 2.45) is 5.10 Å². The molecule has 138 valence electrons. The number of rotatable bonds is 5. The van der Waals surface area contributed by atoms with Crippen LogP contribution in [0.15, 0.2) is 46.3 Å². The lowest BCUT2D eigenvalue weighted by atomic mass is 10.2. The van der Waals surface area contributed by atoms with Crippen molar-refractivity contribution in [3.05, 3.63) is 58.1 Å². The highest BCUT2D eigenvalue weighted by atomic mass is 16.3. The van der Waals surface area contributed by atoms with Gasteiger partial charge in [0.15, 0.2) is 17.2 Å². The van der Waals surface area contributed by atoms with Gasteiger partial charge in [-0.1, -0.05) is 12.1 Å². The molecule has 5 N–H and O–H groups in total. The monoisotopic (exact) mass is 368 g/mol. The minimum Gasteiger partial charge on any atom is -0.504 e. The number of nitrogens with zero attached hydrogens (tertiary/aromatic N) is 2. The highest BCUT2D eigenvalue weighted by molar-refractivity contribution is 5.84. The second-order valence-corrected chi connectivity index (χ2v) is 5.73. The number of carbonyl (C=O) groups excluding carboxylic acids is 1. The number of phenols is 3. The van der Waals surface area contributed by atoms with Gasteiger partial charge in [0.05, 0.1) is 17.1 Å². The molecule has 0 fully saturated rings. The van der Waals surface area contributed by atoms with Crippen LogP contribution in [0, 0.1) is 0 Å². The number of fused-ring (bicyclic) bond motifs is 1. The fraction of sp³-hybridized carbons (Fsp3) is 0.111. The Balaban J connectivity index is 1.59. The van der Waals surface area contributed by atoms with Gasteiger partial charge in [0.25, 0.3) is 5.56 Å². The summed E-state index contributed by atoms with van der Waals surface area (Å²) in [7, 11) is 0. The second-order valence-electron chi connectivity index (χ2n) is 5.73. The van der Waals surface area contributed by atoms with Crippen LogP contribution in [-0.2, 0) is 11.2 Å². The van der Waals surface area contributed by atoms with E-state index in [-0.39, 0.29) is 24.0 Å². The third-order valence-corrected chi connectivity index (χ3v) is 3.75. The molecule has 0 saturated carbocycles. The SMILES string of the molecule is O=C(CCc1nc2ccccc2c(=O)[nH]1)N/N=C/c1cc(O)c(O)c(O)c1. The maximum Gasteiger partial charge on any atom is 0.258 e. The van der Waals surface area contributed by atoms with Crippen molar-refractivity contribution in [3.8, 4) is 17.2 Å². The van der Waals surface area contributed by atoms with Gasteiger partial charge in [0.1, 0.15) is 5.82 Å². The van der Waals surface area contributed by atoms with E-state index in [1.54, 1.807) is 24.3 Å². The van der Waals surface area contributed by atoms with Crippen molar-refractivity contribution in [2.45, 2.75) is 12.8 Å². The largest absolute Gasteiger partial charge is 0.504 e. The first-order chi connectivity index (χ1) is 12.9. The van der Waals surface area contributed by atoms with Crippen molar-refractivity contribution in [3.63, 3.8) is 0 Å². The Morgan fingerprint density at radius 2 is 1.89 bits per heavy atom. The molecule has 0 atom stereocenters. The third kappa shape index (κ3) is 4.21. The molecule has 1 heterocycles. The molecule has 3 aromatic rings. The molecule has 0 bridgehead atoms. The van der Waals surface area contributed by atoms with Gasteiger partial charge < -0.3 is 20.3 Å². The number of H-pyrrole nitrogens is 1. The van der Waals surface area contributed by atoms with E-state index in [0.717, 1.165) is 0 Å². The molecule has 27 heavy (non-hydrogen) atoms. The summed E-state index contributed by atoms with van der Waals surface area (Å²) in [6, 6.07) is 9.27. The quantitative estimate of drug-likeness (QED) is 0.259. The number of aromatic amines is 1. The summed E-state index contributed by atoms with van der Waals surface area (Å²) < 4.78 is 0. The number of aryl methyl sites for hydroxylation is 1. The van der Waals surface area contributed by atoms with Crippen LogP contribution in [0.5, 0.6) is 17.2 Å². The lowest BCUT2D eigenvalue weighted by Crippen LogP contribution is -2.19. The van der Waals surface area contributed by atoms with Crippen LogP contribution in [0.4, 0.5) is 0 Å². The average molecular weight is 368 g/mol. The zero-order valence-electron chi connectivity index (χ0n) is 14.0. The van der Waals surface area contributed by atoms with Crippen molar-refractivity contribution in [2.75, 3.05) is 0 Å². The molecular formula is C18H16N4O5. The maximum absolute atomic E-state index is 12.0. The molecule has 1 aromatic heterocycles. The van der Waals surface area contributed by atoms with Gasteiger partial charge in [0, 0.05) is 18.4 Å². The first kappa shape index (κ1) is 17.9. The van der Waals surface area contributed by atoms with E-state index >= 15 is 0 Å². The highest BCUT2D eigenvalue weighted by Gasteiger charge is 2.08. The summed E-state index contributed by atoms with van der Waals surface area (Å²) >= 11 is 0. The number of amides is 1. The molecule has 0 radical (unpaired) electrons. The summed E-state index contributed by atoms with van der Waals surface area (Å²) in [5.74, 6) is -1.66. The Morgan fingerprint density at radius 1 is 1.19 bits per heavy atom. The lowest BCUT2D eigenvalue weighted by Gasteiger charge is -2.03. The van der Waals surface area contributed by atoms with Crippen LogP contribution in [0.3, 0.4) is 0 Å². The van der Waals surface area contributed by atoms with Crippen molar-refractivity contribution >= 4 is 23.0 Å². The number of aromatic nitrogens is 2. The Morgan fingerprint density at radius 3 is 2.63 bits per heavy atom. The predicted octanol–water partition coefficient (Wildman–Crippen LogP) is 1.12. The van der Waals surface area contributed by atoms with E-state index in [1.807, 2.05) is 0 Å². The van der Waals surface area contributed by atoms with Crippen LogP contribution < -0.4 is 11.0 Å². The van der Waals surface area contributed by atoms with E-state index in [0.29, 0.717) is 16.7 Å². The highest BCUT2D eigenvalue weighted by Crippen LogP contribution is 2.34. The van der Waals surface area contributed by atoms with E-state index in [1.165, 1.54) is 18.3 Å². The summed E-state index contributed by atoms with van der Waals surface area (Å²) in [5, 5.41) is 32.3. The number of aromatic hydroxyl groups is 3. The molecular weight excluding hydrogens is 352 g/mol. The smallest absolute Gasteiger partial charge is 0.258 e. The zero-order valence-corrected chi connectivity index (χ0v) is 14.0. The van der Waals surface area contributed by atoms with Gasteiger partial charge in [-0.2, -0.15) is 5.10 Å². The van der Waals surface area contributed by atoms with Gasteiger partial charge in [0.2, 0.25) is 5.91 Å². The summed E-state index contributed by atoms with van der Waals surface area (Å²) in [6.07, 6.45) is 1.47. The zero-order chi connectivity index (χ0) is 19.4. The van der Waals surface area contributed by atoms with E-state index < -0.39 is 23.2 Å². The summed E-state index contributed by atoms with van der Waals surface area (Å²) in [6.45, 7) is 0. The topological polar surface area (TPSA) is 148 Å². The molecule has 0 unspecified atom stereocenters. The molecule has 0 aliphatic carbocycles. The molecule has 9 heteroatoms. The molecule has 0 aliphatic heterocycles. The number of para-hydroxylation sites is 1. The number of hydrogen-bond acceptors (Lipinski definition) is 7. The Hall–Kier alpha value is -3.88. The van der Waals surface area contributed by atoms with Gasteiger partial charge in [-0.15, -0.1) is 0 Å². The normalized spacial score (nSPS) is 11.1. The summed E-state index contributed by atoms with van der Waals surface area (Å²) in [4.78, 5) is 30.8. The Labute approximate surface area is 152 Å². The Bertz CT molecular complexity index is 1070. The van der Waals surface area contributed by atoms with Crippen LogP contribution >= 0.6 is 0 Å². The van der Waals surface area contributed by atoms with Gasteiger partial charge in [-0.05, 0) is 24.3 Å². The standard InChI is InChI=1S/C18H16N4O5/c23-13-7-10(8-14(24)17(13)26)9-19-22-16(25)6-5-15-20-12-4-2-1-3-11(12)18(27)21-15/h1-4,7-9,23-24,26H,5-6H2,(H,22,25)(H,20,21,27)/b19-9+. The van der Waals surface area contributed by atoms with Crippen LogP contribution in [0.25, 0.3) is 10.9 Å². The van der Waals surface area contributed by atoms with Crippen LogP contribution in [-0.4, -0.2) is 37.4 Å². The van der Waals surface area contributed by atoms with E-state index in [4.69, 9.17) is 0 Å². The fourth-order valence-corrected chi connectivity index (χ4v) is 2.42. The van der Waals surface area contributed by atoms with Crippen molar-refractivity contribution < 1.29 is 20.1 Å². The number of nitrogens with one attached hydrogen (secondary N) is 2. The first-order valence-corrected chi connectivity index (χ1v) is 7.99. The van der Waals surface area contributed by atoms with Crippen LogP contribution in [0.2, 0.25) is 0 Å². The average Bonchev–Trinajstić information content (AvgIpc) is 2.64. The third-order valence-electron chi connectivity index (χ3n) is 3.75.